The zero-order valence-corrected chi connectivity index (χ0v) is 12.1. The lowest BCUT2D eigenvalue weighted by Crippen LogP contribution is -2.56. The molecule has 0 aromatic rings. The van der Waals surface area contributed by atoms with Crippen molar-refractivity contribution in [3.63, 3.8) is 0 Å². The standard InChI is InChI=1S/C12H23NO4S/c1-9(2)8-18(16,17)13-12(11(14)15)6-4-10(3)5-7-12/h9-10,13H,4-8H2,1-3H3,(H,14,15). The number of carboxylic acids is 1. The topological polar surface area (TPSA) is 83.5 Å². The van der Waals surface area contributed by atoms with Crippen molar-refractivity contribution in [2.45, 2.75) is 52.0 Å². The lowest BCUT2D eigenvalue weighted by molar-refractivity contribution is -0.145. The maximum Gasteiger partial charge on any atom is 0.324 e. The second kappa shape index (κ2) is 5.57. The molecule has 6 heteroatoms. The fourth-order valence-corrected chi connectivity index (χ4v) is 4.24. The Hall–Kier alpha value is -0.620. The molecule has 0 aromatic heterocycles. The van der Waals surface area contributed by atoms with E-state index in [1.165, 1.54) is 0 Å². The monoisotopic (exact) mass is 277 g/mol. The Morgan fingerprint density at radius 2 is 1.89 bits per heavy atom. The Morgan fingerprint density at radius 3 is 2.28 bits per heavy atom. The number of hydrogen-bond donors (Lipinski definition) is 2. The molecule has 0 spiro atoms. The third-order valence-corrected chi connectivity index (χ3v) is 5.25. The van der Waals surface area contributed by atoms with Crippen LogP contribution in [0, 0.1) is 11.8 Å². The molecule has 0 aliphatic heterocycles. The van der Waals surface area contributed by atoms with Gasteiger partial charge in [0, 0.05) is 0 Å². The summed E-state index contributed by atoms with van der Waals surface area (Å²) in [6.07, 6.45) is 2.24. The molecule has 5 nitrogen and oxygen atoms in total. The summed E-state index contributed by atoms with van der Waals surface area (Å²) in [6.45, 7) is 5.67. The molecule has 2 N–H and O–H groups in total. The summed E-state index contributed by atoms with van der Waals surface area (Å²) in [7, 11) is -3.53. The van der Waals surface area contributed by atoms with Gasteiger partial charge in [0.05, 0.1) is 5.75 Å². The van der Waals surface area contributed by atoms with Crippen LogP contribution in [0.15, 0.2) is 0 Å². The van der Waals surface area contributed by atoms with Gasteiger partial charge in [0.25, 0.3) is 0 Å². The van der Waals surface area contributed by atoms with Crippen molar-refractivity contribution < 1.29 is 18.3 Å². The summed E-state index contributed by atoms with van der Waals surface area (Å²) >= 11 is 0. The third kappa shape index (κ3) is 3.95. The normalized spacial score (nSPS) is 29.4. The molecule has 0 atom stereocenters. The van der Waals surface area contributed by atoms with Crippen molar-refractivity contribution >= 4 is 16.0 Å². The van der Waals surface area contributed by atoms with Gasteiger partial charge in [0.15, 0.2) is 0 Å². The van der Waals surface area contributed by atoms with Crippen molar-refractivity contribution in [2.75, 3.05) is 5.75 Å². The van der Waals surface area contributed by atoms with Crippen molar-refractivity contribution in [1.82, 2.24) is 4.72 Å². The number of sulfonamides is 1. The van der Waals surface area contributed by atoms with E-state index in [2.05, 4.69) is 11.6 Å². The fourth-order valence-electron chi connectivity index (χ4n) is 2.39. The molecule has 1 rings (SSSR count). The van der Waals surface area contributed by atoms with Gasteiger partial charge in [-0.2, -0.15) is 4.72 Å². The predicted octanol–water partition coefficient (Wildman–Crippen LogP) is 1.60. The molecule has 0 amide bonds. The molecule has 1 fully saturated rings. The molecule has 18 heavy (non-hydrogen) atoms. The summed E-state index contributed by atoms with van der Waals surface area (Å²) < 4.78 is 26.3. The van der Waals surface area contributed by atoms with E-state index in [4.69, 9.17) is 0 Å². The number of carbonyl (C=O) groups is 1. The lowest BCUT2D eigenvalue weighted by Gasteiger charge is -2.36. The molecule has 0 unspecified atom stereocenters. The van der Waals surface area contributed by atoms with Crippen LogP contribution in [-0.4, -0.2) is 30.8 Å². The van der Waals surface area contributed by atoms with E-state index in [0.29, 0.717) is 18.8 Å². The van der Waals surface area contributed by atoms with Gasteiger partial charge in [0.2, 0.25) is 10.0 Å². The van der Waals surface area contributed by atoms with Crippen LogP contribution in [0.2, 0.25) is 0 Å². The molecule has 0 aromatic carbocycles. The summed E-state index contributed by atoms with van der Waals surface area (Å²) in [5, 5.41) is 9.35. The van der Waals surface area contributed by atoms with Crippen LogP contribution in [0.5, 0.6) is 0 Å². The first-order chi connectivity index (χ1) is 8.17. The second-order valence-corrected chi connectivity index (χ2v) is 7.61. The van der Waals surface area contributed by atoms with E-state index in [0.717, 1.165) is 12.8 Å². The maximum atomic E-state index is 11.9. The first kappa shape index (κ1) is 15.4. The summed E-state index contributed by atoms with van der Waals surface area (Å²) in [4.78, 5) is 11.4. The van der Waals surface area contributed by atoms with Gasteiger partial charge in [-0.05, 0) is 37.5 Å². The van der Waals surface area contributed by atoms with Gasteiger partial charge >= 0.3 is 5.97 Å². The van der Waals surface area contributed by atoms with E-state index >= 15 is 0 Å². The maximum absolute atomic E-state index is 11.9. The molecule has 0 radical (unpaired) electrons. The minimum Gasteiger partial charge on any atom is -0.480 e. The van der Waals surface area contributed by atoms with Crippen LogP contribution in [-0.2, 0) is 14.8 Å². The second-order valence-electron chi connectivity index (χ2n) is 5.85. The van der Waals surface area contributed by atoms with Crippen LogP contribution in [0.25, 0.3) is 0 Å². The van der Waals surface area contributed by atoms with Crippen LogP contribution >= 0.6 is 0 Å². The van der Waals surface area contributed by atoms with Crippen LogP contribution < -0.4 is 4.72 Å². The zero-order chi connectivity index (χ0) is 14.0. The largest absolute Gasteiger partial charge is 0.480 e. The lowest BCUT2D eigenvalue weighted by atomic mass is 9.78. The average molecular weight is 277 g/mol. The van der Waals surface area contributed by atoms with E-state index in [-0.39, 0.29) is 11.7 Å². The molecule has 106 valence electrons. The van der Waals surface area contributed by atoms with Crippen LogP contribution in [0.3, 0.4) is 0 Å². The van der Waals surface area contributed by atoms with Crippen molar-refractivity contribution in [1.29, 1.82) is 0 Å². The predicted molar refractivity (Wildman–Crippen MR) is 69.8 cm³/mol. The number of aliphatic carboxylic acids is 1. The minimum atomic E-state index is -3.53. The Labute approximate surface area is 109 Å². The summed E-state index contributed by atoms with van der Waals surface area (Å²) in [5.41, 5.74) is -1.29. The first-order valence-corrected chi connectivity index (χ1v) is 8.07. The van der Waals surface area contributed by atoms with Gasteiger partial charge in [-0.3, -0.25) is 4.79 Å². The Balaban J connectivity index is 2.85. The SMILES string of the molecule is CC(C)CS(=O)(=O)NC1(C(=O)O)CCC(C)CC1. The highest BCUT2D eigenvalue weighted by Crippen LogP contribution is 2.32. The number of rotatable bonds is 5. The van der Waals surface area contributed by atoms with Gasteiger partial charge in [-0.25, -0.2) is 8.42 Å². The van der Waals surface area contributed by atoms with Crippen molar-refractivity contribution in [3.8, 4) is 0 Å². The van der Waals surface area contributed by atoms with E-state index in [1.807, 2.05) is 0 Å². The van der Waals surface area contributed by atoms with E-state index in [9.17, 15) is 18.3 Å². The Morgan fingerprint density at radius 1 is 1.39 bits per heavy atom. The zero-order valence-electron chi connectivity index (χ0n) is 11.3. The molecular formula is C12H23NO4S. The fraction of sp³-hybridized carbons (Fsp3) is 0.917. The molecule has 0 bridgehead atoms. The van der Waals surface area contributed by atoms with Gasteiger partial charge < -0.3 is 5.11 Å². The minimum absolute atomic E-state index is 0.0177. The number of hydrogen-bond acceptors (Lipinski definition) is 3. The molecule has 0 heterocycles. The van der Waals surface area contributed by atoms with Crippen LogP contribution in [0.4, 0.5) is 0 Å². The molecule has 1 aliphatic rings. The molecule has 0 saturated heterocycles. The van der Waals surface area contributed by atoms with Crippen LogP contribution in [0.1, 0.15) is 46.5 Å². The van der Waals surface area contributed by atoms with E-state index in [1.54, 1.807) is 13.8 Å². The van der Waals surface area contributed by atoms with E-state index < -0.39 is 21.5 Å². The smallest absolute Gasteiger partial charge is 0.324 e. The highest BCUT2D eigenvalue weighted by atomic mass is 32.2. The first-order valence-electron chi connectivity index (χ1n) is 6.42. The Kier molecular flexibility index (Phi) is 4.78. The number of nitrogens with one attached hydrogen (secondary N) is 1. The summed E-state index contributed by atoms with van der Waals surface area (Å²) in [6, 6.07) is 0. The quantitative estimate of drug-likeness (QED) is 0.799. The molecular weight excluding hydrogens is 254 g/mol. The van der Waals surface area contributed by atoms with Crippen molar-refractivity contribution in [3.05, 3.63) is 0 Å². The Bertz CT molecular complexity index is 394. The summed E-state index contributed by atoms with van der Waals surface area (Å²) in [5.74, 6) is -0.637. The van der Waals surface area contributed by atoms with Gasteiger partial charge in [0.1, 0.15) is 5.54 Å². The van der Waals surface area contributed by atoms with Gasteiger partial charge in [-0.15, -0.1) is 0 Å². The third-order valence-electron chi connectivity index (χ3n) is 3.44. The average Bonchev–Trinajstić information content (AvgIpc) is 2.19. The molecule has 1 aliphatic carbocycles. The van der Waals surface area contributed by atoms with Crippen molar-refractivity contribution in [2.24, 2.45) is 11.8 Å². The number of carboxylic acid groups (broad SMARTS) is 1. The highest BCUT2D eigenvalue weighted by molar-refractivity contribution is 7.89. The highest BCUT2D eigenvalue weighted by Gasteiger charge is 2.44. The van der Waals surface area contributed by atoms with Gasteiger partial charge in [-0.1, -0.05) is 20.8 Å². The molecule has 1 saturated carbocycles.